The Morgan fingerprint density at radius 3 is 2.52 bits per heavy atom. The first-order valence-corrected chi connectivity index (χ1v) is 10.0. The van der Waals surface area contributed by atoms with Crippen molar-refractivity contribution in [2.75, 3.05) is 30.4 Å². The number of hydrogen-bond acceptors (Lipinski definition) is 6. The van der Waals surface area contributed by atoms with Gasteiger partial charge in [0.05, 0.1) is 5.69 Å². The van der Waals surface area contributed by atoms with Crippen LogP contribution in [-0.4, -0.2) is 29.7 Å². The van der Waals surface area contributed by atoms with Gasteiger partial charge in [-0.05, 0) is 24.5 Å². The molecule has 4 rings (SSSR count). The van der Waals surface area contributed by atoms with E-state index in [0.29, 0.717) is 25.1 Å². The second-order valence-corrected chi connectivity index (χ2v) is 7.42. The summed E-state index contributed by atoms with van der Waals surface area (Å²) in [6, 6.07) is 17.9. The van der Waals surface area contributed by atoms with Crippen LogP contribution in [0.5, 0.6) is 11.5 Å². The van der Waals surface area contributed by atoms with Gasteiger partial charge in [0.25, 0.3) is 0 Å². The Hall–Kier alpha value is -3.28. The Balaban J connectivity index is 1.61. The average molecular weight is 390 g/mol. The van der Waals surface area contributed by atoms with Gasteiger partial charge in [-0.2, -0.15) is 4.98 Å². The van der Waals surface area contributed by atoms with Gasteiger partial charge < -0.3 is 20.1 Å². The summed E-state index contributed by atoms with van der Waals surface area (Å²) in [6.07, 6.45) is 1.08. The van der Waals surface area contributed by atoms with Crippen molar-refractivity contribution >= 4 is 17.5 Å². The van der Waals surface area contributed by atoms with E-state index in [0.717, 1.165) is 47.2 Å². The normalized spacial score (nSPS) is 12.7. The van der Waals surface area contributed by atoms with Crippen molar-refractivity contribution < 1.29 is 9.47 Å². The van der Waals surface area contributed by atoms with Crippen LogP contribution in [0, 0.1) is 5.92 Å². The van der Waals surface area contributed by atoms with Crippen LogP contribution in [-0.2, 0) is 0 Å². The summed E-state index contributed by atoms with van der Waals surface area (Å²) in [5.41, 5.74) is 2.77. The Morgan fingerprint density at radius 1 is 0.931 bits per heavy atom. The van der Waals surface area contributed by atoms with Crippen LogP contribution in [0.1, 0.15) is 20.3 Å². The first-order valence-electron chi connectivity index (χ1n) is 10.0. The van der Waals surface area contributed by atoms with Crippen molar-refractivity contribution in [3.8, 4) is 22.8 Å². The van der Waals surface area contributed by atoms with E-state index >= 15 is 0 Å². The van der Waals surface area contributed by atoms with Gasteiger partial charge in [-0.25, -0.2) is 4.98 Å². The number of nitrogens with zero attached hydrogens (tertiary/aromatic N) is 2. The SMILES string of the molecule is CC(C)CCNc1cc(-c2ccccc2)nc(Nc2ccc3c(c2)OCCO3)n1. The summed E-state index contributed by atoms with van der Waals surface area (Å²) in [6.45, 7) is 6.43. The number of nitrogens with one attached hydrogen (secondary N) is 2. The van der Waals surface area contributed by atoms with Crippen molar-refractivity contribution in [3.05, 3.63) is 54.6 Å². The molecule has 29 heavy (non-hydrogen) atoms. The molecule has 6 heteroatoms. The van der Waals surface area contributed by atoms with Crippen LogP contribution in [0.2, 0.25) is 0 Å². The van der Waals surface area contributed by atoms with Crippen LogP contribution < -0.4 is 20.1 Å². The molecule has 0 saturated heterocycles. The first-order chi connectivity index (χ1) is 14.2. The molecule has 0 atom stereocenters. The second-order valence-electron chi connectivity index (χ2n) is 7.42. The smallest absolute Gasteiger partial charge is 0.229 e. The van der Waals surface area contributed by atoms with Gasteiger partial charge in [-0.15, -0.1) is 0 Å². The zero-order chi connectivity index (χ0) is 20.1. The van der Waals surface area contributed by atoms with Crippen molar-refractivity contribution in [1.82, 2.24) is 9.97 Å². The Morgan fingerprint density at radius 2 is 1.72 bits per heavy atom. The minimum absolute atomic E-state index is 0.537. The second kappa shape index (κ2) is 8.82. The van der Waals surface area contributed by atoms with E-state index in [1.54, 1.807) is 0 Å². The van der Waals surface area contributed by atoms with E-state index in [2.05, 4.69) is 29.5 Å². The molecule has 0 amide bonds. The number of rotatable bonds is 7. The minimum atomic E-state index is 0.537. The first kappa shape index (κ1) is 19.1. The number of hydrogen-bond donors (Lipinski definition) is 2. The highest BCUT2D eigenvalue weighted by Gasteiger charge is 2.13. The molecule has 1 aromatic heterocycles. The summed E-state index contributed by atoms with van der Waals surface area (Å²) in [5, 5.41) is 6.73. The van der Waals surface area contributed by atoms with Gasteiger partial charge in [0, 0.05) is 29.9 Å². The summed E-state index contributed by atoms with van der Waals surface area (Å²) >= 11 is 0. The molecule has 1 aliphatic heterocycles. The Bertz CT molecular complexity index is 960. The molecule has 6 nitrogen and oxygen atoms in total. The fourth-order valence-electron chi connectivity index (χ4n) is 3.09. The van der Waals surface area contributed by atoms with Crippen molar-refractivity contribution in [2.45, 2.75) is 20.3 Å². The third kappa shape index (κ3) is 4.96. The van der Waals surface area contributed by atoms with E-state index in [-0.39, 0.29) is 0 Å². The minimum Gasteiger partial charge on any atom is -0.486 e. The van der Waals surface area contributed by atoms with E-state index < -0.39 is 0 Å². The van der Waals surface area contributed by atoms with Crippen LogP contribution in [0.4, 0.5) is 17.5 Å². The van der Waals surface area contributed by atoms with Gasteiger partial charge in [-0.1, -0.05) is 44.2 Å². The van der Waals surface area contributed by atoms with Crippen molar-refractivity contribution in [3.63, 3.8) is 0 Å². The third-order valence-corrected chi connectivity index (χ3v) is 4.62. The highest BCUT2D eigenvalue weighted by Crippen LogP contribution is 2.33. The number of aromatic nitrogens is 2. The number of benzene rings is 2. The predicted molar refractivity (Wildman–Crippen MR) is 116 cm³/mol. The lowest BCUT2D eigenvalue weighted by molar-refractivity contribution is 0.171. The molecule has 0 radical (unpaired) electrons. The fraction of sp³-hybridized carbons (Fsp3) is 0.304. The van der Waals surface area contributed by atoms with Gasteiger partial charge in [0.2, 0.25) is 5.95 Å². The molecular weight excluding hydrogens is 364 g/mol. The standard InChI is InChI=1S/C23H26N4O2/c1-16(2)10-11-24-22-15-19(17-6-4-3-5-7-17)26-23(27-22)25-18-8-9-20-21(14-18)29-13-12-28-20/h3-9,14-16H,10-13H2,1-2H3,(H2,24,25,26,27). The maximum atomic E-state index is 5.68. The number of fused-ring (bicyclic) bond motifs is 1. The maximum Gasteiger partial charge on any atom is 0.229 e. The predicted octanol–water partition coefficient (Wildman–Crippen LogP) is 5.12. The van der Waals surface area contributed by atoms with Crippen LogP contribution >= 0.6 is 0 Å². The highest BCUT2D eigenvalue weighted by atomic mass is 16.6. The summed E-state index contributed by atoms with van der Waals surface area (Å²) in [7, 11) is 0. The molecular formula is C23H26N4O2. The monoisotopic (exact) mass is 390 g/mol. The van der Waals surface area contributed by atoms with E-state index in [1.807, 2.05) is 54.6 Å². The van der Waals surface area contributed by atoms with E-state index in [9.17, 15) is 0 Å². The summed E-state index contributed by atoms with van der Waals surface area (Å²) in [5.74, 6) is 3.47. The molecule has 2 N–H and O–H groups in total. The third-order valence-electron chi connectivity index (χ3n) is 4.62. The molecule has 0 unspecified atom stereocenters. The molecule has 150 valence electrons. The Kier molecular flexibility index (Phi) is 5.79. The molecule has 0 bridgehead atoms. The molecule has 0 fully saturated rings. The van der Waals surface area contributed by atoms with Gasteiger partial charge in [0.15, 0.2) is 11.5 Å². The van der Waals surface area contributed by atoms with Gasteiger partial charge >= 0.3 is 0 Å². The molecule has 1 aliphatic rings. The average Bonchev–Trinajstić information content (AvgIpc) is 2.74. The zero-order valence-electron chi connectivity index (χ0n) is 16.8. The van der Waals surface area contributed by atoms with E-state index in [4.69, 9.17) is 14.5 Å². The maximum absolute atomic E-state index is 5.68. The topological polar surface area (TPSA) is 68.3 Å². The lowest BCUT2D eigenvalue weighted by Gasteiger charge is -2.19. The molecule has 0 aliphatic carbocycles. The molecule has 0 spiro atoms. The summed E-state index contributed by atoms with van der Waals surface area (Å²) < 4.78 is 11.3. The summed E-state index contributed by atoms with van der Waals surface area (Å²) in [4.78, 5) is 9.38. The quantitative estimate of drug-likeness (QED) is 0.584. The van der Waals surface area contributed by atoms with Crippen LogP contribution in [0.15, 0.2) is 54.6 Å². The van der Waals surface area contributed by atoms with Gasteiger partial charge in [0.1, 0.15) is 19.0 Å². The molecule has 0 saturated carbocycles. The van der Waals surface area contributed by atoms with Crippen LogP contribution in [0.25, 0.3) is 11.3 Å². The fourth-order valence-corrected chi connectivity index (χ4v) is 3.09. The zero-order valence-corrected chi connectivity index (χ0v) is 16.8. The molecule has 2 aromatic carbocycles. The van der Waals surface area contributed by atoms with Crippen molar-refractivity contribution in [1.29, 1.82) is 0 Å². The molecule has 3 aromatic rings. The number of anilines is 3. The largest absolute Gasteiger partial charge is 0.486 e. The van der Waals surface area contributed by atoms with Crippen LogP contribution in [0.3, 0.4) is 0 Å². The van der Waals surface area contributed by atoms with Crippen molar-refractivity contribution in [2.24, 2.45) is 5.92 Å². The van der Waals surface area contributed by atoms with E-state index in [1.165, 1.54) is 0 Å². The highest BCUT2D eigenvalue weighted by molar-refractivity contribution is 5.67. The lowest BCUT2D eigenvalue weighted by Crippen LogP contribution is -2.15. The molecule has 2 heterocycles. The lowest BCUT2D eigenvalue weighted by atomic mass is 10.1. The number of ether oxygens (including phenoxy) is 2. The van der Waals surface area contributed by atoms with Gasteiger partial charge in [-0.3, -0.25) is 0 Å². The Labute approximate surface area is 171 Å².